The maximum Gasteiger partial charge on any atom is 0.240 e. The van der Waals surface area contributed by atoms with Gasteiger partial charge in [0, 0.05) is 0 Å². The molecule has 1 unspecified atom stereocenters. The Labute approximate surface area is 107 Å². The van der Waals surface area contributed by atoms with Crippen molar-refractivity contribution in [3.63, 3.8) is 0 Å². The summed E-state index contributed by atoms with van der Waals surface area (Å²) < 4.78 is 22.6. The Morgan fingerprint density at radius 2 is 2.00 bits per heavy atom. The largest absolute Gasteiger partial charge is 0.396 e. The van der Waals surface area contributed by atoms with Gasteiger partial charge in [0.2, 0.25) is 10.0 Å². The lowest BCUT2D eigenvalue weighted by Crippen LogP contribution is -2.30. The van der Waals surface area contributed by atoms with Crippen LogP contribution in [0, 0.1) is 5.92 Å². The Balaban J connectivity index is 3.12. The van der Waals surface area contributed by atoms with Crippen molar-refractivity contribution in [2.45, 2.75) is 24.8 Å². The SMILES string of the molecule is CC(C)C(CO)Nc1cccc(S(N)(=O)=O)c1N. The van der Waals surface area contributed by atoms with E-state index >= 15 is 0 Å². The summed E-state index contributed by atoms with van der Waals surface area (Å²) in [6.45, 7) is 3.80. The Kier molecular flexibility index (Phi) is 4.55. The van der Waals surface area contributed by atoms with Crippen molar-refractivity contribution in [2.75, 3.05) is 17.7 Å². The zero-order chi connectivity index (χ0) is 13.9. The van der Waals surface area contributed by atoms with Crippen molar-refractivity contribution in [3.8, 4) is 0 Å². The molecule has 0 saturated carbocycles. The molecular weight excluding hydrogens is 254 g/mol. The fraction of sp³-hybridized carbons (Fsp3) is 0.455. The van der Waals surface area contributed by atoms with Gasteiger partial charge in [0.05, 0.1) is 24.0 Å². The van der Waals surface area contributed by atoms with Gasteiger partial charge in [-0.2, -0.15) is 0 Å². The van der Waals surface area contributed by atoms with Crippen molar-refractivity contribution >= 4 is 21.4 Å². The third-order valence-electron chi connectivity index (χ3n) is 2.71. The summed E-state index contributed by atoms with van der Waals surface area (Å²) in [5.41, 5.74) is 6.29. The van der Waals surface area contributed by atoms with E-state index in [1.807, 2.05) is 13.8 Å². The van der Waals surface area contributed by atoms with Gasteiger partial charge in [0.25, 0.3) is 0 Å². The lowest BCUT2D eigenvalue weighted by molar-refractivity contribution is 0.249. The summed E-state index contributed by atoms with van der Waals surface area (Å²) in [5.74, 6) is 0.174. The Bertz CT molecular complexity index is 514. The van der Waals surface area contributed by atoms with Crippen LogP contribution in [0.5, 0.6) is 0 Å². The monoisotopic (exact) mass is 273 g/mol. The fourth-order valence-corrected chi connectivity index (χ4v) is 2.23. The first kappa shape index (κ1) is 14.7. The Morgan fingerprint density at radius 3 is 2.44 bits per heavy atom. The van der Waals surface area contributed by atoms with Gasteiger partial charge < -0.3 is 16.2 Å². The fourth-order valence-electron chi connectivity index (χ4n) is 1.54. The third kappa shape index (κ3) is 3.34. The summed E-state index contributed by atoms with van der Waals surface area (Å²) in [6.07, 6.45) is 0. The molecule has 7 heteroatoms. The summed E-state index contributed by atoms with van der Waals surface area (Å²) in [5, 5.41) is 17.3. The number of nitrogen functional groups attached to an aromatic ring is 1. The molecule has 0 aliphatic heterocycles. The van der Waals surface area contributed by atoms with Gasteiger partial charge in [-0.15, -0.1) is 0 Å². The van der Waals surface area contributed by atoms with Crippen LogP contribution in [0.4, 0.5) is 11.4 Å². The number of sulfonamides is 1. The van der Waals surface area contributed by atoms with Gasteiger partial charge in [0.1, 0.15) is 4.90 Å². The quantitative estimate of drug-likeness (QED) is 0.577. The second-order valence-corrected chi connectivity index (χ2v) is 5.97. The van der Waals surface area contributed by atoms with E-state index in [4.69, 9.17) is 10.9 Å². The topological polar surface area (TPSA) is 118 Å². The van der Waals surface area contributed by atoms with Crippen LogP contribution < -0.4 is 16.2 Å². The second-order valence-electron chi connectivity index (χ2n) is 4.44. The predicted molar refractivity (Wildman–Crippen MR) is 71.6 cm³/mol. The van der Waals surface area contributed by atoms with Crippen LogP contribution in [0.1, 0.15) is 13.8 Å². The third-order valence-corrected chi connectivity index (χ3v) is 3.68. The van der Waals surface area contributed by atoms with E-state index < -0.39 is 10.0 Å². The van der Waals surface area contributed by atoms with Crippen molar-refractivity contribution in [1.29, 1.82) is 0 Å². The van der Waals surface area contributed by atoms with E-state index in [0.29, 0.717) is 5.69 Å². The van der Waals surface area contributed by atoms with E-state index in [-0.39, 0.29) is 29.1 Å². The molecule has 0 amide bonds. The number of nitrogens with two attached hydrogens (primary N) is 2. The van der Waals surface area contributed by atoms with Crippen LogP contribution >= 0.6 is 0 Å². The van der Waals surface area contributed by atoms with E-state index in [2.05, 4.69) is 5.32 Å². The van der Waals surface area contributed by atoms with Gasteiger partial charge in [-0.25, -0.2) is 13.6 Å². The number of primary sulfonamides is 1. The molecule has 1 atom stereocenters. The molecule has 0 aliphatic rings. The summed E-state index contributed by atoms with van der Waals surface area (Å²) in [7, 11) is -3.85. The number of hydrogen-bond acceptors (Lipinski definition) is 5. The summed E-state index contributed by atoms with van der Waals surface area (Å²) in [6, 6.07) is 4.34. The standard InChI is InChI=1S/C11H19N3O3S/c1-7(2)9(6-15)14-8-4-3-5-10(11(8)12)18(13,16)17/h3-5,7,9,14-15H,6,12H2,1-2H3,(H2,13,16,17). The molecule has 1 aromatic carbocycles. The maximum absolute atomic E-state index is 11.3. The molecule has 0 aliphatic carbocycles. The highest BCUT2D eigenvalue weighted by molar-refractivity contribution is 7.89. The van der Waals surface area contributed by atoms with Crippen LogP contribution in [0.15, 0.2) is 23.1 Å². The predicted octanol–water partition coefficient (Wildman–Crippen LogP) is 0.345. The lowest BCUT2D eigenvalue weighted by atomic mass is 10.0. The normalized spacial score (nSPS) is 13.6. The first-order valence-electron chi connectivity index (χ1n) is 5.56. The molecular formula is C11H19N3O3S. The number of benzene rings is 1. The molecule has 6 nitrogen and oxygen atoms in total. The lowest BCUT2D eigenvalue weighted by Gasteiger charge is -2.22. The zero-order valence-corrected chi connectivity index (χ0v) is 11.2. The molecule has 102 valence electrons. The van der Waals surface area contributed by atoms with E-state index in [0.717, 1.165) is 0 Å². The molecule has 0 spiro atoms. The first-order valence-corrected chi connectivity index (χ1v) is 7.10. The van der Waals surface area contributed by atoms with Gasteiger partial charge >= 0.3 is 0 Å². The molecule has 1 rings (SSSR count). The van der Waals surface area contributed by atoms with Gasteiger partial charge in [-0.3, -0.25) is 0 Å². The van der Waals surface area contributed by atoms with Crippen molar-refractivity contribution in [3.05, 3.63) is 18.2 Å². The molecule has 0 bridgehead atoms. The number of anilines is 2. The van der Waals surface area contributed by atoms with Crippen LogP contribution in [0.3, 0.4) is 0 Å². The number of hydrogen-bond donors (Lipinski definition) is 4. The number of rotatable bonds is 5. The average Bonchev–Trinajstić information content (AvgIpc) is 2.25. The number of aliphatic hydroxyl groups is 1. The highest BCUT2D eigenvalue weighted by atomic mass is 32.2. The minimum atomic E-state index is -3.85. The maximum atomic E-state index is 11.3. The Morgan fingerprint density at radius 1 is 1.39 bits per heavy atom. The van der Waals surface area contributed by atoms with Gasteiger partial charge in [-0.05, 0) is 18.1 Å². The van der Waals surface area contributed by atoms with Crippen LogP contribution in [-0.2, 0) is 10.0 Å². The van der Waals surface area contributed by atoms with Gasteiger partial charge in [0.15, 0.2) is 0 Å². The highest BCUT2D eigenvalue weighted by Gasteiger charge is 2.18. The molecule has 6 N–H and O–H groups in total. The minimum absolute atomic E-state index is 0.0686. The van der Waals surface area contributed by atoms with Crippen molar-refractivity contribution in [1.82, 2.24) is 0 Å². The van der Waals surface area contributed by atoms with Gasteiger partial charge in [-0.1, -0.05) is 19.9 Å². The average molecular weight is 273 g/mol. The molecule has 0 radical (unpaired) electrons. The molecule has 1 aromatic rings. The molecule has 0 heterocycles. The van der Waals surface area contributed by atoms with E-state index in [9.17, 15) is 13.5 Å². The van der Waals surface area contributed by atoms with Crippen LogP contribution in [0.25, 0.3) is 0 Å². The molecule has 0 fully saturated rings. The van der Waals surface area contributed by atoms with Crippen LogP contribution in [-0.4, -0.2) is 26.2 Å². The van der Waals surface area contributed by atoms with Crippen molar-refractivity contribution < 1.29 is 13.5 Å². The van der Waals surface area contributed by atoms with Crippen molar-refractivity contribution in [2.24, 2.45) is 11.1 Å². The molecule has 0 saturated heterocycles. The second kappa shape index (κ2) is 5.55. The Hall–Kier alpha value is -1.31. The van der Waals surface area contributed by atoms with E-state index in [1.54, 1.807) is 12.1 Å². The van der Waals surface area contributed by atoms with E-state index in [1.165, 1.54) is 6.07 Å². The first-order chi connectivity index (χ1) is 8.27. The molecule has 0 aromatic heterocycles. The van der Waals surface area contributed by atoms with Crippen LogP contribution in [0.2, 0.25) is 0 Å². The number of nitrogens with one attached hydrogen (secondary N) is 1. The summed E-state index contributed by atoms with van der Waals surface area (Å²) >= 11 is 0. The molecule has 18 heavy (non-hydrogen) atoms. The minimum Gasteiger partial charge on any atom is -0.396 e. The number of para-hydroxylation sites is 1. The zero-order valence-electron chi connectivity index (χ0n) is 10.4. The smallest absolute Gasteiger partial charge is 0.240 e. The number of aliphatic hydroxyl groups excluding tert-OH is 1. The highest BCUT2D eigenvalue weighted by Crippen LogP contribution is 2.27. The summed E-state index contributed by atoms with van der Waals surface area (Å²) in [4.78, 5) is -0.118.